The van der Waals surface area contributed by atoms with Gasteiger partial charge in [-0.05, 0) is 39.1 Å². The van der Waals surface area contributed by atoms with Gasteiger partial charge in [0.25, 0.3) is 0 Å². The predicted molar refractivity (Wildman–Crippen MR) is 74.8 cm³/mol. The molecule has 1 fully saturated rings. The summed E-state index contributed by atoms with van der Waals surface area (Å²) in [4.78, 5) is 2.07. The smallest absolute Gasteiger partial charge is 0.151 e. The quantitative estimate of drug-likeness (QED) is 0.876. The molecule has 1 aliphatic heterocycles. The van der Waals surface area contributed by atoms with Crippen molar-refractivity contribution >= 4 is 9.84 Å². The van der Waals surface area contributed by atoms with Gasteiger partial charge in [0.15, 0.2) is 9.84 Å². The standard InChI is InChI=1S/C13H22N2O3S/c1-15(2)12(13-6-3-7-18-13)9-14-11-5-4-8-19(16,17)10-11/h3,6-7,11-12,14H,4-5,8-10H2,1-2H3. The van der Waals surface area contributed by atoms with Crippen molar-refractivity contribution in [2.24, 2.45) is 0 Å². The molecule has 6 heteroatoms. The van der Waals surface area contributed by atoms with Gasteiger partial charge >= 0.3 is 0 Å². The van der Waals surface area contributed by atoms with Crippen molar-refractivity contribution in [3.05, 3.63) is 24.2 Å². The molecule has 0 aromatic carbocycles. The van der Waals surface area contributed by atoms with E-state index in [1.54, 1.807) is 6.26 Å². The van der Waals surface area contributed by atoms with Gasteiger partial charge in [-0.25, -0.2) is 8.42 Å². The highest BCUT2D eigenvalue weighted by Crippen LogP contribution is 2.19. The van der Waals surface area contributed by atoms with Crippen molar-refractivity contribution in [2.75, 3.05) is 32.1 Å². The lowest BCUT2D eigenvalue weighted by atomic mass is 10.1. The molecule has 2 atom stereocenters. The Hall–Kier alpha value is -0.850. The normalized spacial score (nSPS) is 24.5. The summed E-state index contributed by atoms with van der Waals surface area (Å²) in [5, 5.41) is 3.37. The Morgan fingerprint density at radius 1 is 1.53 bits per heavy atom. The van der Waals surface area contributed by atoms with Crippen LogP contribution in [0.3, 0.4) is 0 Å². The molecule has 19 heavy (non-hydrogen) atoms. The highest BCUT2D eigenvalue weighted by molar-refractivity contribution is 7.91. The maximum absolute atomic E-state index is 11.6. The Labute approximate surface area is 114 Å². The van der Waals surface area contributed by atoms with E-state index in [4.69, 9.17) is 4.42 Å². The van der Waals surface area contributed by atoms with Crippen LogP contribution in [0.25, 0.3) is 0 Å². The molecule has 0 bridgehead atoms. The van der Waals surface area contributed by atoms with Crippen LogP contribution in [0.1, 0.15) is 24.6 Å². The summed E-state index contributed by atoms with van der Waals surface area (Å²) in [7, 11) is 1.13. The van der Waals surface area contributed by atoms with Crippen LogP contribution in [0.5, 0.6) is 0 Å². The summed E-state index contributed by atoms with van der Waals surface area (Å²) in [5.41, 5.74) is 0. The summed E-state index contributed by atoms with van der Waals surface area (Å²) in [6.45, 7) is 0.695. The lowest BCUT2D eigenvalue weighted by Gasteiger charge is -2.28. The van der Waals surface area contributed by atoms with Crippen molar-refractivity contribution in [2.45, 2.75) is 24.9 Å². The van der Waals surface area contributed by atoms with Gasteiger partial charge in [0, 0.05) is 12.6 Å². The summed E-state index contributed by atoms with van der Waals surface area (Å²) in [6, 6.07) is 4.01. The van der Waals surface area contributed by atoms with Crippen molar-refractivity contribution in [3.63, 3.8) is 0 Å². The molecule has 0 saturated carbocycles. The zero-order valence-corrected chi connectivity index (χ0v) is 12.3. The SMILES string of the molecule is CN(C)C(CNC1CCCS(=O)(=O)C1)c1ccco1. The number of nitrogens with zero attached hydrogens (tertiary/aromatic N) is 1. The van der Waals surface area contributed by atoms with E-state index in [-0.39, 0.29) is 17.8 Å². The minimum Gasteiger partial charge on any atom is -0.468 e. The second kappa shape index (κ2) is 6.07. The van der Waals surface area contributed by atoms with Crippen LogP contribution < -0.4 is 5.32 Å². The van der Waals surface area contributed by atoms with Crippen LogP contribution in [0, 0.1) is 0 Å². The molecule has 0 aliphatic carbocycles. The maximum Gasteiger partial charge on any atom is 0.151 e. The van der Waals surface area contributed by atoms with Crippen LogP contribution in [0.4, 0.5) is 0 Å². The summed E-state index contributed by atoms with van der Waals surface area (Å²) < 4.78 is 28.6. The summed E-state index contributed by atoms with van der Waals surface area (Å²) in [6.07, 6.45) is 3.35. The molecule has 0 spiro atoms. The first-order valence-corrected chi connectivity index (χ1v) is 8.44. The molecular weight excluding hydrogens is 264 g/mol. The third kappa shape index (κ3) is 4.06. The molecule has 2 heterocycles. The number of hydrogen-bond donors (Lipinski definition) is 1. The number of furan rings is 1. The average molecular weight is 286 g/mol. The van der Waals surface area contributed by atoms with E-state index in [9.17, 15) is 8.42 Å². The third-order valence-corrected chi connectivity index (χ3v) is 5.38. The van der Waals surface area contributed by atoms with E-state index < -0.39 is 9.84 Å². The van der Waals surface area contributed by atoms with Gasteiger partial charge in [-0.15, -0.1) is 0 Å². The van der Waals surface area contributed by atoms with Gasteiger partial charge < -0.3 is 9.73 Å². The van der Waals surface area contributed by atoms with Crippen LogP contribution in [0.2, 0.25) is 0 Å². The van der Waals surface area contributed by atoms with E-state index in [1.165, 1.54) is 0 Å². The minimum atomic E-state index is -2.85. The number of hydrogen-bond acceptors (Lipinski definition) is 5. The largest absolute Gasteiger partial charge is 0.468 e. The van der Waals surface area contributed by atoms with Gasteiger partial charge in [0.05, 0.1) is 23.8 Å². The predicted octanol–water partition coefficient (Wildman–Crippen LogP) is 1.05. The van der Waals surface area contributed by atoms with Crippen LogP contribution in [-0.4, -0.2) is 51.5 Å². The Morgan fingerprint density at radius 3 is 2.89 bits per heavy atom. The average Bonchev–Trinajstić information content (AvgIpc) is 2.81. The fraction of sp³-hybridized carbons (Fsp3) is 0.692. The molecule has 1 aromatic heterocycles. The first-order chi connectivity index (χ1) is 8.98. The van der Waals surface area contributed by atoms with E-state index >= 15 is 0 Å². The number of rotatable bonds is 5. The first kappa shape index (κ1) is 14.6. The number of nitrogens with one attached hydrogen (secondary N) is 1. The van der Waals surface area contributed by atoms with Crippen molar-refractivity contribution in [1.29, 1.82) is 0 Å². The topological polar surface area (TPSA) is 62.6 Å². The molecule has 1 aromatic rings. The van der Waals surface area contributed by atoms with E-state index in [0.29, 0.717) is 12.3 Å². The fourth-order valence-corrected chi connectivity index (χ4v) is 4.15. The van der Waals surface area contributed by atoms with E-state index in [1.807, 2.05) is 26.2 Å². The van der Waals surface area contributed by atoms with Gasteiger partial charge in [-0.2, -0.15) is 0 Å². The molecule has 1 aliphatic rings. The molecule has 0 amide bonds. The zero-order valence-electron chi connectivity index (χ0n) is 11.5. The van der Waals surface area contributed by atoms with E-state index in [0.717, 1.165) is 18.6 Å². The molecule has 1 N–H and O–H groups in total. The maximum atomic E-state index is 11.6. The summed E-state index contributed by atoms with van der Waals surface area (Å²) in [5.74, 6) is 1.49. The Bertz CT molecular complexity index is 482. The second-order valence-electron chi connectivity index (χ2n) is 5.36. The summed E-state index contributed by atoms with van der Waals surface area (Å²) >= 11 is 0. The van der Waals surface area contributed by atoms with Crippen molar-refractivity contribution < 1.29 is 12.8 Å². The number of likely N-dealkylation sites (N-methyl/N-ethyl adjacent to an activating group) is 1. The Balaban J connectivity index is 1.93. The molecule has 2 unspecified atom stereocenters. The highest BCUT2D eigenvalue weighted by Gasteiger charge is 2.26. The lowest BCUT2D eigenvalue weighted by Crippen LogP contribution is -2.43. The van der Waals surface area contributed by atoms with Crippen molar-refractivity contribution in [3.8, 4) is 0 Å². The number of sulfone groups is 1. The molecule has 5 nitrogen and oxygen atoms in total. The van der Waals surface area contributed by atoms with Gasteiger partial charge in [-0.3, -0.25) is 4.90 Å². The zero-order chi connectivity index (χ0) is 13.9. The fourth-order valence-electron chi connectivity index (χ4n) is 2.48. The van der Waals surface area contributed by atoms with Crippen molar-refractivity contribution in [1.82, 2.24) is 10.2 Å². The van der Waals surface area contributed by atoms with Gasteiger partial charge in [0.2, 0.25) is 0 Å². The molecule has 0 radical (unpaired) electrons. The molecule has 1 saturated heterocycles. The third-order valence-electron chi connectivity index (χ3n) is 3.56. The van der Waals surface area contributed by atoms with Crippen LogP contribution in [-0.2, 0) is 9.84 Å². The Kier molecular flexibility index (Phi) is 4.65. The minimum absolute atomic E-state index is 0.0659. The second-order valence-corrected chi connectivity index (χ2v) is 7.59. The van der Waals surface area contributed by atoms with Crippen LogP contribution >= 0.6 is 0 Å². The lowest BCUT2D eigenvalue weighted by molar-refractivity contribution is 0.243. The van der Waals surface area contributed by atoms with Gasteiger partial charge in [-0.1, -0.05) is 0 Å². The molecule has 2 rings (SSSR count). The van der Waals surface area contributed by atoms with E-state index in [2.05, 4.69) is 10.2 Å². The molecular formula is C13H22N2O3S. The monoisotopic (exact) mass is 286 g/mol. The Morgan fingerprint density at radius 2 is 2.32 bits per heavy atom. The highest BCUT2D eigenvalue weighted by atomic mass is 32.2. The molecule has 108 valence electrons. The van der Waals surface area contributed by atoms with Gasteiger partial charge in [0.1, 0.15) is 5.76 Å². The first-order valence-electron chi connectivity index (χ1n) is 6.61. The van der Waals surface area contributed by atoms with Crippen LogP contribution in [0.15, 0.2) is 22.8 Å².